The average Bonchev–Trinajstić information content (AvgIpc) is 2.69. The van der Waals surface area contributed by atoms with Gasteiger partial charge < -0.3 is 4.74 Å². The summed E-state index contributed by atoms with van der Waals surface area (Å²) in [6, 6.07) is 18.4. The van der Waals surface area contributed by atoms with E-state index in [0.29, 0.717) is 26.9 Å². The number of carbonyl (C=O) groups is 2. The van der Waals surface area contributed by atoms with Crippen LogP contribution in [0.15, 0.2) is 71.8 Å². The lowest BCUT2D eigenvalue weighted by atomic mass is 10.1. The fourth-order valence-electron chi connectivity index (χ4n) is 2.44. The Labute approximate surface area is 177 Å². The Bertz CT molecular complexity index is 1080. The van der Waals surface area contributed by atoms with Gasteiger partial charge >= 0.3 is 5.97 Å². The number of nitrogens with one attached hydrogen (secondary N) is 1. The Morgan fingerprint density at radius 1 is 0.931 bits per heavy atom. The fourth-order valence-corrected chi connectivity index (χ4v) is 2.97. The van der Waals surface area contributed by atoms with Crippen LogP contribution in [0.5, 0.6) is 5.75 Å². The number of nitrogens with zero attached hydrogens (tertiary/aromatic N) is 1. The molecule has 0 bridgehead atoms. The predicted molar refractivity (Wildman–Crippen MR) is 114 cm³/mol. The summed E-state index contributed by atoms with van der Waals surface area (Å²) in [7, 11) is 0. The van der Waals surface area contributed by atoms with Crippen LogP contribution in [0.1, 0.15) is 31.8 Å². The number of rotatable bonds is 5. The summed E-state index contributed by atoms with van der Waals surface area (Å²) in [6.45, 7) is 1.89. The van der Waals surface area contributed by atoms with Gasteiger partial charge in [0.25, 0.3) is 5.91 Å². The van der Waals surface area contributed by atoms with Crippen molar-refractivity contribution in [1.82, 2.24) is 5.43 Å². The molecule has 0 atom stereocenters. The molecule has 3 aromatic carbocycles. The van der Waals surface area contributed by atoms with E-state index in [2.05, 4.69) is 10.5 Å². The van der Waals surface area contributed by atoms with Crippen molar-refractivity contribution in [3.63, 3.8) is 0 Å². The minimum Gasteiger partial charge on any atom is -0.423 e. The van der Waals surface area contributed by atoms with Gasteiger partial charge in [-0.15, -0.1) is 0 Å². The number of carbonyl (C=O) groups excluding carboxylic acids is 2. The van der Waals surface area contributed by atoms with Crippen LogP contribution in [0.3, 0.4) is 0 Å². The summed E-state index contributed by atoms with van der Waals surface area (Å²) in [6.07, 6.45) is 1.47. The van der Waals surface area contributed by atoms with Crippen LogP contribution < -0.4 is 10.2 Å². The summed E-state index contributed by atoms with van der Waals surface area (Å²) < 4.78 is 5.31. The standard InChI is InChI=1S/C22H16Cl2N2O3/c1-14-6-11-17(20(24)12-14)21(27)26-25-13-15-7-9-16(10-8-15)29-22(28)18-4-2-3-5-19(18)23/h2-13H,1H3,(H,26,27). The molecule has 1 N–H and O–H groups in total. The van der Waals surface area contributed by atoms with E-state index in [4.69, 9.17) is 27.9 Å². The monoisotopic (exact) mass is 426 g/mol. The normalized spacial score (nSPS) is 10.7. The molecule has 0 radical (unpaired) electrons. The summed E-state index contributed by atoms with van der Waals surface area (Å²) >= 11 is 12.1. The lowest BCUT2D eigenvalue weighted by molar-refractivity contribution is 0.0734. The van der Waals surface area contributed by atoms with Crippen molar-refractivity contribution in [1.29, 1.82) is 0 Å². The predicted octanol–water partition coefficient (Wildman–Crippen LogP) is 5.28. The first-order valence-corrected chi connectivity index (χ1v) is 9.36. The fraction of sp³-hybridized carbons (Fsp3) is 0.0455. The van der Waals surface area contributed by atoms with Gasteiger partial charge in [-0.1, -0.05) is 41.4 Å². The molecule has 7 heteroatoms. The van der Waals surface area contributed by atoms with Gasteiger partial charge in [0.1, 0.15) is 5.75 Å². The van der Waals surface area contributed by atoms with Crippen LogP contribution in [0.4, 0.5) is 0 Å². The van der Waals surface area contributed by atoms with E-state index in [9.17, 15) is 9.59 Å². The van der Waals surface area contributed by atoms with Gasteiger partial charge in [-0.25, -0.2) is 10.2 Å². The number of amides is 1. The van der Waals surface area contributed by atoms with Crippen LogP contribution in [-0.4, -0.2) is 18.1 Å². The molecule has 29 heavy (non-hydrogen) atoms. The lowest BCUT2D eigenvalue weighted by Crippen LogP contribution is -2.18. The van der Waals surface area contributed by atoms with Crippen molar-refractivity contribution in [2.24, 2.45) is 5.10 Å². The highest BCUT2D eigenvalue weighted by Gasteiger charge is 2.12. The van der Waals surface area contributed by atoms with E-state index in [1.807, 2.05) is 6.92 Å². The molecule has 0 aliphatic carbocycles. The summed E-state index contributed by atoms with van der Waals surface area (Å²) in [5, 5.41) is 4.61. The molecule has 0 unspecified atom stereocenters. The number of aryl methyl sites for hydroxylation is 1. The van der Waals surface area contributed by atoms with Gasteiger partial charge in [0.2, 0.25) is 0 Å². The van der Waals surface area contributed by atoms with Crippen molar-refractivity contribution < 1.29 is 14.3 Å². The zero-order chi connectivity index (χ0) is 20.8. The molecule has 0 aromatic heterocycles. The van der Waals surface area contributed by atoms with E-state index >= 15 is 0 Å². The second-order valence-electron chi connectivity index (χ2n) is 6.12. The summed E-state index contributed by atoms with van der Waals surface area (Å²) in [5.41, 5.74) is 4.73. The lowest BCUT2D eigenvalue weighted by Gasteiger charge is -2.06. The van der Waals surface area contributed by atoms with Gasteiger partial charge in [0, 0.05) is 0 Å². The van der Waals surface area contributed by atoms with Gasteiger partial charge in [0.05, 0.1) is 27.4 Å². The smallest absolute Gasteiger partial charge is 0.345 e. The third kappa shape index (κ3) is 5.44. The molecule has 1 amide bonds. The van der Waals surface area contributed by atoms with Gasteiger partial charge in [-0.3, -0.25) is 4.79 Å². The molecule has 0 heterocycles. The minimum atomic E-state index is -0.542. The Morgan fingerprint density at radius 2 is 1.66 bits per heavy atom. The maximum atomic E-state index is 12.2. The van der Waals surface area contributed by atoms with E-state index in [1.54, 1.807) is 66.7 Å². The third-order valence-electron chi connectivity index (χ3n) is 3.93. The molecule has 0 saturated carbocycles. The van der Waals surface area contributed by atoms with Crippen LogP contribution >= 0.6 is 23.2 Å². The van der Waals surface area contributed by atoms with Crippen molar-refractivity contribution in [3.8, 4) is 5.75 Å². The molecule has 3 aromatic rings. The first-order valence-electron chi connectivity index (χ1n) is 8.60. The zero-order valence-electron chi connectivity index (χ0n) is 15.4. The average molecular weight is 427 g/mol. The largest absolute Gasteiger partial charge is 0.423 e. The van der Waals surface area contributed by atoms with E-state index in [0.717, 1.165) is 5.56 Å². The summed E-state index contributed by atoms with van der Waals surface area (Å²) in [4.78, 5) is 24.3. The van der Waals surface area contributed by atoms with Gasteiger partial charge in [-0.2, -0.15) is 5.10 Å². The molecule has 5 nitrogen and oxygen atoms in total. The van der Waals surface area contributed by atoms with E-state index in [-0.39, 0.29) is 5.56 Å². The highest BCUT2D eigenvalue weighted by molar-refractivity contribution is 6.34. The molecule has 3 rings (SSSR count). The van der Waals surface area contributed by atoms with E-state index in [1.165, 1.54) is 6.21 Å². The number of halogens is 2. The molecule has 0 aliphatic rings. The van der Waals surface area contributed by atoms with Gasteiger partial charge in [0.15, 0.2) is 0 Å². The van der Waals surface area contributed by atoms with Crippen LogP contribution in [0, 0.1) is 6.92 Å². The van der Waals surface area contributed by atoms with Crippen molar-refractivity contribution >= 4 is 41.3 Å². The molecule has 0 fully saturated rings. The van der Waals surface area contributed by atoms with Gasteiger partial charge in [-0.05, 0) is 66.6 Å². The Hall–Kier alpha value is -3.15. The Kier molecular flexibility index (Phi) is 6.65. The van der Waals surface area contributed by atoms with Crippen LogP contribution in [-0.2, 0) is 0 Å². The second kappa shape index (κ2) is 9.37. The Morgan fingerprint density at radius 3 is 2.34 bits per heavy atom. The number of esters is 1. The molecular weight excluding hydrogens is 411 g/mol. The molecule has 146 valence electrons. The topological polar surface area (TPSA) is 67.8 Å². The maximum Gasteiger partial charge on any atom is 0.345 e. The number of hydrogen-bond donors (Lipinski definition) is 1. The first-order chi connectivity index (χ1) is 13.9. The van der Waals surface area contributed by atoms with Crippen molar-refractivity contribution in [2.45, 2.75) is 6.92 Å². The van der Waals surface area contributed by atoms with Crippen LogP contribution in [0.2, 0.25) is 10.0 Å². The summed E-state index contributed by atoms with van der Waals surface area (Å²) in [5.74, 6) is -0.585. The van der Waals surface area contributed by atoms with E-state index < -0.39 is 11.9 Å². The molecule has 0 spiro atoms. The molecule has 0 saturated heterocycles. The molecule has 0 aliphatic heterocycles. The van der Waals surface area contributed by atoms with Crippen molar-refractivity contribution in [2.75, 3.05) is 0 Å². The highest BCUT2D eigenvalue weighted by atomic mass is 35.5. The molecular formula is C22H16Cl2N2O3. The minimum absolute atomic E-state index is 0.289. The number of hydrazone groups is 1. The SMILES string of the molecule is Cc1ccc(C(=O)NN=Cc2ccc(OC(=O)c3ccccc3Cl)cc2)c(Cl)c1. The zero-order valence-corrected chi connectivity index (χ0v) is 16.9. The number of hydrogen-bond acceptors (Lipinski definition) is 4. The Balaban J connectivity index is 1.59. The number of ether oxygens (including phenoxy) is 1. The highest BCUT2D eigenvalue weighted by Crippen LogP contribution is 2.19. The number of benzene rings is 3. The van der Waals surface area contributed by atoms with Crippen LogP contribution in [0.25, 0.3) is 0 Å². The first kappa shape index (κ1) is 20.6. The second-order valence-corrected chi connectivity index (χ2v) is 6.94. The van der Waals surface area contributed by atoms with Crippen molar-refractivity contribution in [3.05, 3.63) is 99.0 Å². The third-order valence-corrected chi connectivity index (χ3v) is 4.58. The maximum absolute atomic E-state index is 12.2. The quantitative estimate of drug-likeness (QED) is 0.261.